The van der Waals surface area contributed by atoms with Crippen LogP contribution in [0.4, 0.5) is 8.78 Å². The fourth-order valence-corrected chi connectivity index (χ4v) is 1.44. The van der Waals surface area contributed by atoms with E-state index in [-0.39, 0.29) is 21.7 Å². The third kappa shape index (κ3) is 3.29. The van der Waals surface area contributed by atoms with E-state index in [4.69, 9.17) is 0 Å². The van der Waals surface area contributed by atoms with Gasteiger partial charge in [-0.3, -0.25) is 0 Å². The van der Waals surface area contributed by atoms with Gasteiger partial charge in [-0.05, 0) is 12.1 Å². The predicted octanol–water partition coefficient (Wildman–Crippen LogP) is 2.81. The number of hydrogen-bond donors (Lipinski definition) is 0. The van der Waals surface area contributed by atoms with Gasteiger partial charge in [-0.15, -0.1) is 17.7 Å². The van der Waals surface area contributed by atoms with E-state index >= 15 is 0 Å². The van der Waals surface area contributed by atoms with Gasteiger partial charge in [0.25, 0.3) is 0 Å². The van der Waals surface area contributed by atoms with Crippen LogP contribution in [0.25, 0.3) is 0 Å². The second kappa shape index (κ2) is 5.97. The molecule has 0 N–H and O–H groups in total. The van der Waals surface area contributed by atoms with Crippen molar-refractivity contribution in [3.8, 4) is 0 Å². The number of nitrogens with zero attached hydrogens (tertiary/aromatic N) is 1. The third-order valence-electron chi connectivity index (χ3n) is 2.25. The van der Waals surface area contributed by atoms with Crippen LogP contribution in [0.3, 0.4) is 0 Å². The first-order valence-corrected chi connectivity index (χ1v) is 4.72. The van der Waals surface area contributed by atoms with Gasteiger partial charge in [0.1, 0.15) is 0 Å². The molecule has 0 amide bonds. The molecule has 16 heavy (non-hydrogen) atoms. The first-order chi connectivity index (χ1) is 7.25. The summed E-state index contributed by atoms with van der Waals surface area (Å²) in [5.74, 6) is -1.25. The van der Waals surface area contributed by atoms with Crippen molar-refractivity contribution in [1.29, 1.82) is 0 Å². The second-order valence-electron chi connectivity index (χ2n) is 3.32. The van der Waals surface area contributed by atoms with Crippen LogP contribution in [0.1, 0.15) is 5.56 Å². The zero-order valence-corrected chi connectivity index (χ0v) is 10.1. The summed E-state index contributed by atoms with van der Waals surface area (Å²) >= 11 is 0. The maximum Gasteiger partial charge on any atom is 0.0168 e. The van der Waals surface area contributed by atoms with Crippen LogP contribution in [-0.4, -0.2) is 4.57 Å². The van der Waals surface area contributed by atoms with Crippen molar-refractivity contribution in [2.24, 2.45) is 0 Å². The van der Waals surface area contributed by atoms with E-state index < -0.39 is 11.6 Å². The minimum atomic E-state index is -0.655. The van der Waals surface area contributed by atoms with E-state index in [1.807, 2.05) is 35.2 Å². The molecule has 2 rings (SSSR count). The molecular weight excluding hydrogens is 244 g/mol. The third-order valence-corrected chi connectivity index (χ3v) is 2.25. The Morgan fingerprint density at radius 2 is 1.81 bits per heavy atom. The van der Waals surface area contributed by atoms with Gasteiger partial charge >= 0.3 is 0 Å². The minimum absolute atomic E-state index is 0. The molecule has 0 atom stereocenters. The fraction of sp³-hybridized carbons (Fsp3) is 0.167. The molecule has 1 heterocycles. The first-order valence-electron chi connectivity index (χ1n) is 4.72. The number of halogens is 2. The minimum Gasteiger partial charge on any atom is -0.355 e. The molecule has 1 aromatic heterocycles. The molecule has 0 fully saturated rings. The average Bonchev–Trinajstić information content (AvgIpc) is 2.69. The van der Waals surface area contributed by atoms with E-state index in [1.165, 1.54) is 12.1 Å². The number of aromatic nitrogens is 1. The molecule has 0 radical (unpaired) electrons. The van der Waals surface area contributed by atoms with Crippen LogP contribution in [0.15, 0.2) is 36.7 Å². The molecule has 2 aromatic rings. The first kappa shape index (κ1) is 13.1. The molecule has 0 saturated carbocycles. The van der Waals surface area contributed by atoms with Crippen molar-refractivity contribution in [3.05, 3.63) is 59.9 Å². The Balaban J connectivity index is 0.00000128. The van der Waals surface area contributed by atoms with Crippen LogP contribution < -0.4 is 0 Å². The van der Waals surface area contributed by atoms with E-state index in [0.717, 1.165) is 0 Å². The predicted molar refractivity (Wildman–Crippen MR) is 53.3 cm³/mol. The summed E-state index contributed by atoms with van der Waals surface area (Å²) in [6, 6.07) is 8.54. The smallest absolute Gasteiger partial charge is 0.0168 e. The van der Waals surface area contributed by atoms with Gasteiger partial charge in [0, 0.05) is 52.3 Å². The number of hydrogen-bond acceptors (Lipinski definition) is 0. The number of benzene rings is 1. The van der Waals surface area contributed by atoms with Crippen LogP contribution in [0, 0.1) is 17.7 Å². The van der Waals surface area contributed by atoms with Gasteiger partial charge in [0.05, 0.1) is 0 Å². The summed E-state index contributed by atoms with van der Waals surface area (Å²) in [4.78, 5) is 0. The SMILES string of the molecule is Fc1[c-]c(F)c(CCn2cccc2)cc1.[Ti]. The fourth-order valence-electron chi connectivity index (χ4n) is 1.44. The van der Waals surface area contributed by atoms with E-state index in [9.17, 15) is 8.78 Å². The molecule has 0 bridgehead atoms. The summed E-state index contributed by atoms with van der Waals surface area (Å²) in [5, 5.41) is 0. The Morgan fingerprint density at radius 3 is 2.44 bits per heavy atom. The van der Waals surface area contributed by atoms with E-state index in [0.29, 0.717) is 18.5 Å². The topological polar surface area (TPSA) is 4.93 Å². The quantitative estimate of drug-likeness (QED) is 0.586. The van der Waals surface area contributed by atoms with Crippen molar-refractivity contribution in [2.45, 2.75) is 13.0 Å². The van der Waals surface area contributed by atoms with Gasteiger partial charge in [-0.2, -0.15) is 6.07 Å². The average molecular weight is 254 g/mol. The molecule has 1 aromatic carbocycles. The normalized spacial score (nSPS) is 9.88. The van der Waals surface area contributed by atoms with Crippen molar-refractivity contribution in [1.82, 2.24) is 4.57 Å². The zero-order chi connectivity index (χ0) is 10.7. The van der Waals surface area contributed by atoms with Gasteiger partial charge in [0.15, 0.2) is 0 Å². The number of aryl methyl sites for hydroxylation is 2. The maximum absolute atomic E-state index is 13.2. The Kier molecular flexibility index (Phi) is 4.90. The number of rotatable bonds is 3. The van der Waals surface area contributed by atoms with Gasteiger partial charge in [0.2, 0.25) is 0 Å². The van der Waals surface area contributed by atoms with Crippen LogP contribution in [0.5, 0.6) is 0 Å². The Hall–Kier alpha value is -0.926. The summed E-state index contributed by atoms with van der Waals surface area (Å²) in [6.07, 6.45) is 4.35. The molecule has 82 valence electrons. The van der Waals surface area contributed by atoms with Crippen molar-refractivity contribution in [3.63, 3.8) is 0 Å². The maximum atomic E-state index is 13.2. The molecule has 0 spiro atoms. The second-order valence-corrected chi connectivity index (χ2v) is 3.32. The van der Waals surface area contributed by atoms with Gasteiger partial charge < -0.3 is 4.57 Å². The molecule has 0 aliphatic carbocycles. The summed E-state index contributed by atoms with van der Waals surface area (Å²) in [5.41, 5.74) is 0.491. The monoisotopic (exact) mass is 254 g/mol. The largest absolute Gasteiger partial charge is 0.355 e. The van der Waals surface area contributed by atoms with E-state index in [1.54, 1.807) is 0 Å². The Morgan fingerprint density at radius 1 is 1.12 bits per heavy atom. The van der Waals surface area contributed by atoms with Crippen LogP contribution in [0.2, 0.25) is 0 Å². The molecular formula is C12H10F2NTi-. The molecule has 0 unspecified atom stereocenters. The molecule has 0 aliphatic heterocycles. The van der Waals surface area contributed by atoms with Crippen molar-refractivity contribution < 1.29 is 30.5 Å². The molecule has 0 aliphatic rings. The standard InChI is InChI=1S/C12H10F2N.Ti/c13-11-4-3-10(12(14)9-11)5-8-15-6-1-2-7-15;/h1-4,6-7H,5,8H2;/q-1;. The summed E-state index contributed by atoms with van der Waals surface area (Å²) < 4.78 is 27.7. The molecule has 1 nitrogen and oxygen atoms in total. The molecule has 4 heteroatoms. The van der Waals surface area contributed by atoms with Crippen molar-refractivity contribution >= 4 is 0 Å². The summed E-state index contributed by atoms with van der Waals surface area (Å²) in [6.45, 7) is 0.684. The zero-order valence-electron chi connectivity index (χ0n) is 8.58. The van der Waals surface area contributed by atoms with Crippen molar-refractivity contribution in [2.75, 3.05) is 0 Å². The van der Waals surface area contributed by atoms with Crippen LogP contribution in [-0.2, 0) is 34.7 Å². The molecule has 0 saturated heterocycles. The Bertz CT molecular complexity index is 440. The van der Waals surface area contributed by atoms with Gasteiger partial charge in [-0.25, -0.2) is 8.78 Å². The Labute approximate surface area is 108 Å². The van der Waals surface area contributed by atoms with Gasteiger partial charge in [-0.1, -0.05) is 6.42 Å². The van der Waals surface area contributed by atoms with Crippen LogP contribution >= 0.6 is 0 Å². The van der Waals surface area contributed by atoms with E-state index in [2.05, 4.69) is 0 Å². The summed E-state index contributed by atoms with van der Waals surface area (Å²) in [7, 11) is 0.